The van der Waals surface area contributed by atoms with Crippen LogP contribution in [0.5, 0.6) is 0 Å². The van der Waals surface area contributed by atoms with Gasteiger partial charge in [0.1, 0.15) is 13.1 Å². The number of halogens is 3. The molecular weight excluding hydrogens is 455 g/mol. The minimum Gasteiger partial charge on any atom is -0.465 e. The number of piperazine rings is 1. The molecule has 1 aliphatic rings. The molecule has 0 radical (unpaired) electrons. The normalized spacial score (nSPS) is 15.3. The monoisotopic (exact) mass is 479 g/mol. The Kier molecular flexibility index (Phi) is 8.24. The van der Waals surface area contributed by atoms with Crippen molar-refractivity contribution in [1.82, 2.24) is 14.1 Å². The molecule has 2 rings (SSSR count). The van der Waals surface area contributed by atoms with Gasteiger partial charge >= 0.3 is 12.1 Å². The lowest BCUT2D eigenvalue weighted by atomic mass is 10.2. The summed E-state index contributed by atoms with van der Waals surface area (Å²) in [6, 6.07) is 4.43. The van der Waals surface area contributed by atoms with E-state index in [-0.39, 0.29) is 49.2 Å². The predicted octanol–water partition coefficient (Wildman–Crippen LogP) is 1.11. The van der Waals surface area contributed by atoms with Gasteiger partial charge in [0.2, 0.25) is 15.9 Å². The summed E-state index contributed by atoms with van der Waals surface area (Å²) < 4.78 is 70.0. The van der Waals surface area contributed by atoms with Gasteiger partial charge in [0.15, 0.2) is 0 Å². The third-order valence-electron chi connectivity index (χ3n) is 4.71. The second kappa shape index (κ2) is 10.3. The Morgan fingerprint density at radius 2 is 1.62 bits per heavy atom. The van der Waals surface area contributed by atoms with Crippen LogP contribution < -0.4 is 0 Å². The molecule has 1 aliphatic heterocycles. The number of carbonyl (C=O) groups excluding carboxylic acids is 3. The highest BCUT2D eigenvalue weighted by molar-refractivity contribution is 7.89. The van der Waals surface area contributed by atoms with E-state index >= 15 is 0 Å². The lowest BCUT2D eigenvalue weighted by Gasteiger charge is -2.33. The predicted molar refractivity (Wildman–Crippen MR) is 106 cm³/mol. The van der Waals surface area contributed by atoms with E-state index in [0.29, 0.717) is 4.90 Å². The van der Waals surface area contributed by atoms with Crippen LogP contribution in [0.4, 0.5) is 13.2 Å². The van der Waals surface area contributed by atoms with E-state index in [0.717, 1.165) is 24.3 Å². The summed E-state index contributed by atoms with van der Waals surface area (Å²) in [5, 5.41) is 0. The molecule has 1 fully saturated rings. The number of alkyl halides is 3. The van der Waals surface area contributed by atoms with Crippen molar-refractivity contribution in [1.29, 1.82) is 0 Å². The topological polar surface area (TPSA) is 104 Å². The molecule has 0 aromatic heterocycles. The number of nitrogens with zero attached hydrogens (tertiary/aromatic N) is 3. The Hall–Kier alpha value is -2.67. The molecule has 1 saturated heterocycles. The van der Waals surface area contributed by atoms with Crippen LogP contribution in [-0.2, 0) is 24.3 Å². The van der Waals surface area contributed by atoms with Crippen LogP contribution in [0.2, 0.25) is 0 Å². The first-order valence-corrected chi connectivity index (χ1v) is 11.2. The Morgan fingerprint density at radius 1 is 1.06 bits per heavy atom. The molecule has 13 heteroatoms. The Morgan fingerprint density at radius 3 is 2.09 bits per heavy atom. The highest BCUT2D eigenvalue weighted by Gasteiger charge is 2.35. The zero-order valence-electron chi connectivity index (χ0n) is 17.6. The van der Waals surface area contributed by atoms with Gasteiger partial charge in [-0.25, -0.2) is 8.42 Å². The van der Waals surface area contributed by atoms with Crippen molar-refractivity contribution < 1.29 is 40.7 Å². The van der Waals surface area contributed by atoms with Crippen molar-refractivity contribution in [2.75, 3.05) is 45.9 Å². The van der Waals surface area contributed by atoms with Crippen LogP contribution >= 0.6 is 0 Å². The number of amides is 2. The zero-order chi connectivity index (χ0) is 24.1. The smallest absolute Gasteiger partial charge is 0.406 e. The number of benzene rings is 1. The average molecular weight is 479 g/mol. The van der Waals surface area contributed by atoms with Gasteiger partial charge in [-0.1, -0.05) is 0 Å². The van der Waals surface area contributed by atoms with Crippen molar-refractivity contribution in [3.05, 3.63) is 29.8 Å². The van der Waals surface area contributed by atoms with E-state index in [2.05, 4.69) is 4.74 Å². The maximum Gasteiger partial charge on any atom is 0.406 e. The number of carbonyl (C=O) groups is 3. The molecule has 0 spiro atoms. The quantitative estimate of drug-likeness (QED) is 0.543. The second-order valence-electron chi connectivity index (χ2n) is 7.02. The summed E-state index contributed by atoms with van der Waals surface area (Å²) in [6.45, 7) is 0.939. The second-order valence-corrected chi connectivity index (χ2v) is 8.95. The van der Waals surface area contributed by atoms with Crippen molar-refractivity contribution >= 4 is 27.8 Å². The molecular formula is C19H24F3N3O6S. The Bertz CT molecular complexity index is 942. The molecule has 0 N–H and O–H groups in total. The average Bonchev–Trinajstić information content (AvgIpc) is 2.72. The summed E-state index contributed by atoms with van der Waals surface area (Å²) in [5.41, 5.74) is -0.209. The summed E-state index contributed by atoms with van der Waals surface area (Å²) >= 11 is 0. The summed E-state index contributed by atoms with van der Waals surface area (Å²) in [6.07, 6.45) is -4.74. The number of ether oxygens (including phenoxy) is 1. The summed E-state index contributed by atoms with van der Waals surface area (Å²) in [4.78, 5) is 37.2. The molecule has 2 amide bonds. The molecule has 1 aromatic rings. The lowest BCUT2D eigenvalue weighted by Crippen LogP contribution is -2.49. The van der Waals surface area contributed by atoms with Gasteiger partial charge in [-0.3, -0.25) is 14.4 Å². The van der Waals surface area contributed by atoms with Crippen LogP contribution in [0.15, 0.2) is 29.2 Å². The van der Waals surface area contributed by atoms with Gasteiger partial charge in [0, 0.05) is 38.7 Å². The van der Waals surface area contributed by atoms with Gasteiger partial charge in [-0.15, -0.1) is 0 Å². The zero-order valence-corrected chi connectivity index (χ0v) is 18.4. The third kappa shape index (κ3) is 6.66. The largest absolute Gasteiger partial charge is 0.465 e. The van der Waals surface area contributed by atoms with Crippen molar-refractivity contribution in [3.8, 4) is 0 Å². The number of hydrogen-bond donors (Lipinski definition) is 0. The molecule has 0 unspecified atom stereocenters. The fraction of sp³-hybridized carbons (Fsp3) is 0.526. The van der Waals surface area contributed by atoms with E-state index in [1.807, 2.05) is 0 Å². The first kappa shape index (κ1) is 25.6. The first-order chi connectivity index (χ1) is 14.8. The van der Waals surface area contributed by atoms with Crippen molar-refractivity contribution in [2.24, 2.45) is 0 Å². The van der Waals surface area contributed by atoms with Gasteiger partial charge in [0.25, 0.3) is 5.91 Å². The van der Waals surface area contributed by atoms with E-state index in [1.165, 1.54) is 23.1 Å². The number of sulfonamides is 1. The fourth-order valence-electron chi connectivity index (χ4n) is 3.12. The standard InChI is InChI=1S/C19H24F3N3O6S/c1-3-31-17(27)12-24(13-19(20,21)22)18(28)15-4-6-16(7-5-15)32(29,30)25-10-8-23(9-11-25)14(2)26/h4-7H,3,8-13H2,1-2H3. The Balaban J connectivity index is 2.17. The van der Waals surface area contributed by atoms with Crippen LogP contribution in [-0.4, -0.2) is 92.4 Å². The van der Waals surface area contributed by atoms with Gasteiger partial charge in [-0.2, -0.15) is 17.5 Å². The molecule has 1 heterocycles. The minimum atomic E-state index is -4.74. The lowest BCUT2D eigenvalue weighted by molar-refractivity contribution is -0.153. The van der Waals surface area contributed by atoms with E-state index < -0.39 is 41.2 Å². The van der Waals surface area contributed by atoms with Gasteiger partial charge < -0.3 is 14.5 Å². The van der Waals surface area contributed by atoms with E-state index in [9.17, 15) is 36.0 Å². The summed E-state index contributed by atoms with van der Waals surface area (Å²) in [7, 11) is -3.91. The SMILES string of the molecule is CCOC(=O)CN(CC(F)(F)F)C(=O)c1ccc(S(=O)(=O)N2CCN(C(C)=O)CC2)cc1. The van der Waals surface area contributed by atoms with Crippen LogP contribution in [0.1, 0.15) is 24.2 Å². The summed E-state index contributed by atoms with van der Waals surface area (Å²) in [5.74, 6) is -2.24. The number of esters is 1. The van der Waals surface area contributed by atoms with Crippen molar-refractivity contribution in [2.45, 2.75) is 24.9 Å². The van der Waals surface area contributed by atoms with Crippen LogP contribution in [0.3, 0.4) is 0 Å². The molecule has 32 heavy (non-hydrogen) atoms. The molecule has 0 saturated carbocycles. The van der Waals surface area contributed by atoms with Gasteiger partial charge in [-0.05, 0) is 31.2 Å². The number of rotatable bonds is 7. The van der Waals surface area contributed by atoms with E-state index in [1.54, 1.807) is 0 Å². The van der Waals surface area contributed by atoms with Crippen molar-refractivity contribution in [3.63, 3.8) is 0 Å². The highest BCUT2D eigenvalue weighted by Crippen LogP contribution is 2.21. The fourth-order valence-corrected chi connectivity index (χ4v) is 4.55. The van der Waals surface area contributed by atoms with Crippen LogP contribution in [0, 0.1) is 0 Å². The molecule has 178 valence electrons. The molecule has 0 aliphatic carbocycles. The first-order valence-electron chi connectivity index (χ1n) is 9.72. The molecule has 9 nitrogen and oxygen atoms in total. The molecule has 0 bridgehead atoms. The highest BCUT2D eigenvalue weighted by atomic mass is 32.2. The maximum atomic E-state index is 12.9. The molecule has 1 aromatic carbocycles. The molecule has 0 atom stereocenters. The Labute approximate surface area is 183 Å². The third-order valence-corrected chi connectivity index (χ3v) is 6.62. The number of hydrogen-bond acceptors (Lipinski definition) is 6. The van der Waals surface area contributed by atoms with E-state index in [4.69, 9.17) is 0 Å². The minimum absolute atomic E-state index is 0.0554. The van der Waals surface area contributed by atoms with Crippen LogP contribution in [0.25, 0.3) is 0 Å². The van der Waals surface area contributed by atoms with Gasteiger partial charge in [0.05, 0.1) is 11.5 Å². The maximum absolute atomic E-state index is 12.9.